The third kappa shape index (κ3) is 4.64. The molecule has 0 radical (unpaired) electrons. The maximum Gasteiger partial charge on any atom is 0.325 e. The predicted octanol–water partition coefficient (Wildman–Crippen LogP) is 2.92. The molecule has 1 aromatic carbocycles. The number of carbonyl (C=O) groups is 3. The van der Waals surface area contributed by atoms with E-state index in [0.29, 0.717) is 24.2 Å². The summed E-state index contributed by atoms with van der Waals surface area (Å²) < 4.78 is 1.88. The summed E-state index contributed by atoms with van der Waals surface area (Å²) >= 11 is 1.34. The quantitative estimate of drug-likeness (QED) is 0.674. The molecule has 1 saturated heterocycles. The Bertz CT molecular complexity index is 942. The molecule has 0 bridgehead atoms. The highest BCUT2D eigenvalue weighted by atomic mass is 32.1. The molecule has 0 unspecified atom stereocenters. The molecule has 1 fully saturated rings. The van der Waals surface area contributed by atoms with Crippen molar-refractivity contribution in [3.8, 4) is 0 Å². The average Bonchev–Trinajstić information content (AvgIpc) is 3.21. The fourth-order valence-electron chi connectivity index (χ4n) is 3.70. The van der Waals surface area contributed by atoms with Gasteiger partial charge in [0.2, 0.25) is 0 Å². The van der Waals surface area contributed by atoms with Crippen LogP contribution in [0.2, 0.25) is 0 Å². The highest BCUT2D eigenvalue weighted by Gasteiger charge is 2.50. The number of rotatable bonds is 8. The van der Waals surface area contributed by atoms with E-state index in [1.54, 1.807) is 0 Å². The Balaban J connectivity index is 1.75. The number of amides is 4. The average molecular weight is 415 g/mol. The molecule has 1 aliphatic rings. The van der Waals surface area contributed by atoms with E-state index >= 15 is 0 Å². The highest BCUT2D eigenvalue weighted by Crippen LogP contribution is 2.27. The van der Waals surface area contributed by atoms with E-state index in [0.717, 1.165) is 23.3 Å². The predicted molar refractivity (Wildman–Crippen MR) is 111 cm³/mol. The molecule has 2 aromatic rings. The molecule has 4 amide bonds. The lowest BCUT2D eigenvalue weighted by Crippen LogP contribution is -2.47. The number of aromatic nitrogens is 1. The molecule has 29 heavy (non-hydrogen) atoms. The van der Waals surface area contributed by atoms with Gasteiger partial charge in [-0.25, -0.2) is 4.79 Å². The van der Waals surface area contributed by atoms with Crippen LogP contribution < -0.4 is 10.1 Å². The molecule has 2 heterocycles. The van der Waals surface area contributed by atoms with Crippen LogP contribution in [0, 0.1) is 0 Å². The first kappa shape index (κ1) is 21.0. The summed E-state index contributed by atoms with van der Waals surface area (Å²) in [6, 6.07) is 9.37. The molecule has 1 aliphatic heterocycles. The topological polar surface area (TPSA) is 83.8 Å². The van der Waals surface area contributed by atoms with Gasteiger partial charge in [-0.1, -0.05) is 57.0 Å². The molecule has 0 aliphatic carbocycles. The van der Waals surface area contributed by atoms with Crippen molar-refractivity contribution in [2.24, 2.45) is 4.99 Å². The Labute approximate surface area is 174 Å². The number of carbonyl (C=O) groups excluding carboxylic acids is 3. The van der Waals surface area contributed by atoms with Crippen molar-refractivity contribution in [3.63, 3.8) is 0 Å². The smallest absolute Gasteiger partial charge is 0.323 e. The zero-order valence-corrected chi connectivity index (χ0v) is 17.6. The van der Waals surface area contributed by atoms with Gasteiger partial charge in [-0.3, -0.25) is 14.5 Å². The minimum Gasteiger partial charge on any atom is -0.323 e. The third-order valence-corrected chi connectivity index (χ3v) is 5.76. The van der Waals surface area contributed by atoms with Crippen LogP contribution in [0.1, 0.15) is 45.1 Å². The van der Waals surface area contributed by atoms with E-state index in [4.69, 9.17) is 0 Å². The Morgan fingerprint density at radius 2 is 1.83 bits per heavy atom. The van der Waals surface area contributed by atoms with Crippen LogP contribution in [-0.4, -0.2) is 39.4 Å². The third-order valence-electron chi connectivity index (χ3n) is 4.97. The van der Waals surface area contributed by atoms with E-state index in [2.05, 4.69) is 10.3 Å². The number of thiazole rings is 1. The summed E-state index contributed by atoms with van der Waals surface area (Å²) in [6.07, 6.45) is 4.54. The number of nitrogens with zero attached hydrogens (tertiary/aromatic N) is 3. The van der Waals surface area contributed by atoms with Crippen molar-refractivity contribution in [1.82, 2.24) is 14.8 Å². The van der Waals surface area contributed by atoms with Crippen LogP contribution in [0.15, 0.2) is 46.9 Å². The zero-order chi connectivity index (χ0) is 20.9. The van der Waals surface area contributed by atoms with Gasteiger partial charge >= 0.3 is 6.03 Å². The number of urea groups is 1. The summed E-state index contributed by atoms with van der Waals surface area (Å²) in [5.41, 5.74) is 0.203. The number of hydrogen-bond donors (Lipinski definition) is 1. The normalized spacial score (nSPS) is 16.3. The molecule has 8 heteroatoms. The molecule has 7 nitrogen and oxygen atoms in total. The minimum atomic E-state index is -0.892. The maximum absolute atomic E-state index is 12.9. The molecule has 0 saturated carbocycles. The summed E-state index contributed by atoms with van der Waals surface area (Å²) in [4.78, 5) is 43.5. The fourth-order valence-corrected chi connectivity index (χ4v) is 4.45. The monoisotopic (exact) mass is 414 g/mol. The van der Waals surface area contributed by atoms with Gasteiger partial charge in [-0.2, -0.15) is 4.99 Å². The van der Waals surface area contributed by atoms with Gasteiger partial charge in [0.25, 0.3) is 11.8 Å². The summed E-state index contributed by atoms with van der Waals surface area (Å²) in [5.74, 6) is -0.834. The zero-order valence-electron chi connectivity index (χ0n) is 16.8. The first-order chi connectivity index (χ1) is 14.0. The number of benzene rings is 1. The minimum absolute atomic E-state index is 0.321. The Hall–Kier alpha value is -2.74. The van der Waals surface area contributed by atoms with E-state index < -0.39 is 17.5 Å². The van der Waals surface area contributed by atoms with E-state index in [-0.39, 0.29) is 12.5 Å². The van der Waals surface area contributed by atoms with Gasteiger partial charge in [0.05, 0.1) is 0 Å². The van der Waals surface area contributed by atoms with Gasteiger partial charge in [-0.05, 0) is 18.4 Å². The lowest BCUT2D eigenvalue weighted by molar-refractivity contribution is -0.134. The van der Waals surface area contributed by atoms with E-state index in [9.17, 15) is 14.4 Å². The molecule has 3 rings (SSSR count). The van der Waals surface area contributed by atoms with Crippen molar-refractivity contribution >= 4 is 29.2 Å². The van der Waals surface area contributed by atoms with E-state index in [1.165, 1.54) is 11.3 Å². The van der Waals surface area contributed by atoms with Crippen molar-refractivity contribution in [2.45, 2.75) is 51.6 Å². The molecular weight excluding hydrogens is 388 g/mol. The van der Waals surface area contributed by atoms with Crippen LogP contribution in [0.25, 0.3) is 0 Å². The number of nitrogens with one attached hydrogen (secondary N) is 1. The summed E-state index contributed by atoms with van der Waals surface area (Å²) in [7, 11) is 0. The first-order valence-corrected chi connectivity index (χ1v) is 10.8. The van der Waals surface area contributed by atoms with Crippen LogP contribution >= 0.6 is 11.3 Å². The molecular formula is C21H26N4O3S. The highest BCUT2D eigenvalue weighted by molar-refractivity contribution is 7.07. The molecule has 1 N–H and O–H groups in total. The van der Waals surface area contributed by atoms with Crippen molar-refractivity contribution in [1.29, 1.82) is 0 Å². The lowest BCUT2D eigenvalue weighted by Gasteiger charge is -2.25. The summed E-state index contributed by atoms with van der Waals surface area (Å²) in [5, 5.41) is 4.68. The van der Waals surface area contributed by atoms with Crippen molar-refractivity contribution in [3.05, 3.63) is 52.3 Å². The van der Waals surface area contributed by atoms with Gasteiger partial charge in [0.15, 0.2) is 4.80 Å². The standard InChI is InChI=1S/C21H26N4O3S/c1-3-10-21(11-4-2)18(27)25(19(28)23-21)15-17(26)22-20-24(12-13-29-20)14-16-8-6-5-7-9-16/h5-9,12-13H,3-4,10-11,14-15H2,1-2H3,(H,23,28). The SMILES string of the molecule is CCCC1(CCC)NC(=O)N(CC(=O)N=c2sccn2Cc2ccccc2)C1=O. The molecule has 154 valence electrons. The Morgan fingerprint density at radius 1 is 1.14 bits per heavy atom. The van der Waals surface area contributed by atoms with E-state index in [1.807, 2.05) is 60.3 Å². The first-order valence-electron chi connectivity index (χ1n) is 9.88. The van der Waals surface area contributed by atoms with Gasteiger partial charge < -0.3 is 9.88 Å². The second kappa shape index (κ2) is 9.17. The van der Waals surface area contributed by atoms with Crippen molar-refractivity contribution < 1.29 is 14.4 Å². The molecule has 0 atom stereocenters. The van der Waals surface area contributed by atoms with Crippen LogP contribution in [-0.2, 0) is 16.1 Å². The second-order valence-electron chi connectivity index (χ2n) is 7.21. The Kier molecular flexibility index (Phi) is 6.64. The van der Waals surface area contributed by atoms with Crippen LogP contribution in [0.4, 0.5) is 4.79 Å². The second-order valence-corrected chi connectivity index (χ2v) is 8.08. The van der Waals surface area contributed by atoms with Gasteiger partial charge in [0.1, 0.15) is 12.1 Å². The van der Waals surface area contributed by atoms with Crippen molar-refractivity contribution in [2.75, 3.05) is 6.54 Å². The van der Waals surface area contributed by atoms with Crippen LogP contribution in [0.5, 0.6) is 0 Å². The van der Waals surface area contributed by atoms with Crippen LogP contribution in [0.3, 0.4) is 0 Å². The molecule has 0 spiro atoms. The number of hydrogen-bond acceptors (Lipinski definition) is 4. The largest absolute Gasteiger partial charge is 0.325 e. The number of imide groups is 1. The molecule has 1 aromatic heterocycles. The Morgan fingerprint density at radius 3 is 2.48 bits per heavy atom. The maximum atomic E-state index is 12.9. The van der Waals surface area contributed by atoms with Gasteiger partial charge in [-0.15, -0.1) is 11.3 Å². The lowest BCUT2D eigenvalue weighted by atomic mass is 9.88. The fraction of sp³-hybridized carbons (Fsp3) is 0.429. The van der Waals surface area contributed by atoms with Gasteiger partial charge in [0, 0.05) is 18.1 Å². The summed E-state index contributed by atoms with van der Waals surface area (Å²) in [6.45, 7) is 4.20.